The van der Waals surface area contributed by atoms with Crippen LogP contribution in [0.15, 0.2) is 17.1 Å². The molecule has 84 valence electrons. The zero-order chi connectivity index (χ0) is 11.1. The summed E-state index contributed by atoms with van der Waals surface area (Å²) in [7, 11) is 3.22. The van der Waals surface area contributed by atoms with Crippen LogP contribution in [0.25, 0.3) is 0 Å². The molecule has 0 aliphatic rings. The average molecular weight is 213 g/mol. The molecule has 1 rings (SSSR count). The highest BCUT2D eigenvalue weighted by atomic mass is 16.5. The van der Waals surface area contributed by atoms with E-state index in [9.17, 15) is 4.79 Å². The van der Waals surface area contributed by atoms with Crippen molar-refractivity contribution in [2.45, 2.75) is 6.10 Å². The molecule has 2 N–H and O–H groups in total. The first-order valence-corrected chi connectivity index (χ1v) is 4.56. The van der Waals surface area contributed by atoms with Crippen LogP contribution in [0, 0.1) is 0 Å². The molecule has 15 heavy (non-hydrogen) atoms. The first-order valence-electron chi connectivity index (χ1n) is 4.56. The Hall–Kier alpha value is -1.40. The molecule has 1 heterocycles. The summed E-state index contributed by atoms with van der Waals surface area (Å²) in [5.74, 6) is 0. The molecule has 0 fully saturated rings. The Kier molecular flexibility index (Phi) is 4.79. The maximum atomic E-state index is 10.9. The van der Waals surface area contributed by atoms with Gasteiger partial charge in [0.1, 0.15) is 0 Å². The summed E-state index contributed by atoms with van der Waals surface area (Å²) in [6.45, 7) is 1.07. The molecular weight excluding hydrogens is 198 g/mol. The fourth-order valence-electron chi connectivity index (χ4n) is 1.10. The van der Waals surface area contributed by atoms with E-state index < -0.39 is 0 Å². The van der Waals surface area contributed by atoms with Crippen molar-refractivity contribution in [2.75, 3.05) is 32.7 Å². The standard InChI is InChI=1S/C9H15N3O3/c1-14-6-8(15-2)5-10-7-3-9(13)12-11-4-7/h3-4,8H,5-6H2,1-2H3,(H2,10,12,13). The summed E-state index contributed by atoms with van der Waals surface area (Å²) >= 11 is 0. The van der Waals surface area contributed by atoms with Gasteiger partial charge in [0.25, 0.3) is 5.56 Å². The van der Waals surface area contributed by atoms with Crippen molar-refractivity contribution in [2.24, 2.45) is 0 Å². The molecule has 1 aromatic rings. The Morgan fingerprint density at radius 1 is 1.60 bits per heavy atom. The van der Waals surface area contributed by atoms with E-state index in [1.165, 1.54) is 6.07 Å². The van der Waals surface area contributed by atoms with Gasteiger partial charge in [0, 0.05) is 26.8 Å². The third kappa shape index (κ3) is 4.09. The number of hydrogen-bond acceptors (Lipinski definition) is 5. The Balaban J connectivity index is 2.45. The highest BCUT2D eigenvalue weighted by molar-refractivity contribution is 5.38. The number of ether oxygens (including phenoxy) is 2. The average Bonchev–Trinajstić information content (AvgIpc) is 2.24. The van der Waals surface area contributed by atoms with Crippen LogP contribution in [0.5, 0.6) is 0 Å². The van der Waals surface area contributed by atoms with E-state index in [4.69, 9.17) is 9.47 Å². The van der Waals surface area contributed by atoms with E-state index in [1.54, 1.807) is 20.4 Å². The second-order valence-electron chi connectivity index (χ2n) is 3.03. The number of aromatic nitrogens is 2. The number of aromatic amines is 1. The van der Waals surface area contributed by atoms with Crippen molar-refractivity contribution in [1.29, 1.82) is 0 Å². The quantitative estimate of drug-likeness (QED) is 0.687. The monoisotopic (exact) mass is 213 g/mol. The largest absolute Gasteiger partial charge is 0.382 e. The first-order chi connectivity index (χ1) is 7.26. The molecule has 1 atom stereocenters. The van der Waals surface area contributed by atoms with Crippen LogP contribution in [0.2, 0.25) is 0 Å². The molecule has 0 aromatic carbocycles. The Labute approximate surface area is 87.6 Å². The van der Waals surface area contributed by atoms with Crippen LogP contribution >= 0.6 is 0 Å². The second-order valence-corrected chi connectivity index (χ2v) is 3.03. The van der Waals surface area contributed by atoms with Gasteiger partial charge in [0.2, 0.25) is 0 Å². The van der Waals surface area contributed by atoms with Gasteiger partial charge >= 0.3 is 0 Å². The Morgan fingerprint density at radius 2 is 2.40 bits per heavy atom. The Morgan fingerprint density at radius 3 is 3.00 bits per heavy atom. The lowest BCUT2D eigenvalue weighted by molar-refractivity contribution is 0.0365. The summed E-state index contributed by atoms with van der Waals surface area (Å²) in [6.07, 6.45) is 1.50. The summed E-state index contributed by atoms with van der Waals surface area (Å²) in [6, 6.07) is 1.44. The minimum atomic E-state index is -0.235. The molecule has 1 unspecified atom stereocenters. The van der Waals surface area contributed by atoms with Crippen LogP contribution in [-0.2, 0) is 9.47 Å². The molecular formula is C9H15N3O3. The molecule has 6 heteroatoms. The maximum absolute atomic E-state index is 10.9. The van der Waals surface area contributed by atoms with Crippen LogP contribution in [0.1, 0.15) is 0 Å². The zero-order valence-corrected chi connectivity index (χ0v) is 8.82. The summed E-state index contributed by atoms with van der Waals surface area (Å²) < 4.78 is 10.1. The number of methoxy groups -OCH3 is 2. The van der Waals surface area contributed by atoms with Crippen molar-refractivity contribution in [1.82, 2.24) is 10.2 Å². The van der Waals surface area contributed by atoms with E-state index in [0.717, 1.165) is 0 Å². The highest BCUT2D eigenvalue weighted by Gasteiger charge is 2.06. The van der Waals surface area contributed by atoms with Gasteiger partial charge in [0.15, 0.2) is 0 Å². The first kappa shape index (κ1) is 11.7. The Bertz CT molecular complexity index is 339. The molecule has 0 amide bonds. The van der Waals surface area contributed by atoms with E-state index in [2.05, 4.69) is 15.5 Å². The number of nitrogens with one attached hydrogen (secondary N) is 2. The molecule has 0 aliphatic carbocycles. The van der Waals surface area contributed by atoms with Gasteiger partial charge < -0.3 is 14.8 Å². The maximum Gasteiger partial charge on any atom is 0.266 e. The van der Waals surface area contributed by atoms with Crippen LogP contribution in [-0.4, -0.2) is 43.7 Å². The zero-order valence-electron chi connectivity index (χ0n) is 8.82. The van der Waals surface area contributed by atoms with Crippen molar-refractivity contribution in [3.63, 3.8) is 0 Å². The molecule has 0 saturated heterocycles. The third-order valence-corrected chi connectivity index (χ3v) is 1.88. The second kappa shape index (κ2) is 6.15. The third-order valence-electron chi connectivity index (χ3n) is 1.88. The van der Waals surface area contributed by atoms with Crippen molar-refractivity contribution in [3.05, 3.63) is 22.6 Å². The van der Waals surface area contributed by atoms with Crippen molar-refractivity contribution >= 4 is 5.69 Å². The van der Waals surface area contributed by atoms with Gasteiger partial charge in [-0.3, -0.25) is 4.79 Å². The normalized spacial score (nSPS) is 12.4. The number of hydrogen-bond donors (Lipinski definition) is 2. The van der Waals surface area contributed by atoms with Crippen LogP contribution in [0.3, 0.4) is 0 Å². The predicted molar refractivity (Wildman–Crippen MR) is 56.0 cm³/mol. The van der Waals surface area contributed by atoms with E-state index in [-0.39, 0.29) is 11.7 Å². The molecule has 6 nitrogen and oxygen atoms in total. The van der Waals surface area contributed by atoms with E-state index >= 15 is 0 Å². The number of rotatable bonds is 6. The van der Waals surface area contributed by atoms with E-state index in [1.807, 2.05) is 0 Å². The van der Waals surface area contributed by atoms with Gasteiger partial charge in [-0.05, 0) is 0 Å². The van der Waals surface area contributed by atoms with Gasteiger partial charge in [-0.2, -0.15) is 5.10 Å². The molecule has 0 bridgehead atoms. The fourth-order valence-corrected chi connectivity index (χ4v) is 1.10. The molecule has 0 spiro atoms. The van der Waals surface area contributed by atoms with E-state index in [0.29, 0.717) is 18.8 Å². The van der Waals surface area contributed by atoms with Gasteiger partial charge in [-0.1, -0.05) is 0 Å². The minimum absolute atomic E-state index is 0.0470. The molecule has 1 aromatic heterocycles. The minimum Gasteiger partial charge on any atom is -0.382 e. The molecule has 0 radical (unpaired) electrons. The van der Waals surface area contributed by atoms with Gasteiger partial charge in [-0.15, -0.1) is 0 Å². The fraction of sp³-hybridized carbons (Fsp3) is 0.556. The molecule has 0 saturated carbocycles. The topological polar surface area (TPSA) is 76.2 Å². The lowest BCUT2D eigenvalue weighted by atomic mass is 10.3. The molecule has 0 aliphatic heterocycles. The number of anilines is 1. The van der Waals surface area contributed by atoms with Crippen molar-refractivity contribution in [3.8, 4) is 0 Å². The SMILES string of the molecule is COCC(CNc1cn[nH]c(=O)c1)OC. The number of H-pyrrole nitrogens is 1. The van der Waals surface area contributed by atoms with Crippen LogP contribution < -0.4 is 10.9 Å². The number of nitrogens with zero attached hydrogens (tertiary/aromatic N) is 1. The lowest BCUT2D eigenvalue weighted by Crippen LogP contribution is -2.27. The summed E-state index contributed by atoms with van der Waals surface area (Å²) in [5, 5.41) is 8.99. The summed E-state index contributed by atoms with van der Waals surface area (Å²) in [4.78, 5) is 10.9. The van der Waals surface area contributed by atoms with Gasteiger partial charge in [0.05, 0.1) is 24.6 Å². The smallest absolute Gasteiger partial charge is 0.266 e. The highest BCUT2D eigenvalue weighted by Crippen LogP contribution is 2.00. The van der Waals surface area contributed by atoms with Gasteiger partial charge in [-0.25, -0.2) is 5.10 Å². The lowest BCUT2D eigenvalue weighted by Gasteiger charge is -2.15. The predicted octanol–water partition coefficient (Wildman–Crippen LogP) is -0.157. The van der Waals surface area contributed by atoms with Crippen LogP contribution in [0.4, 0.5) is 5.69 Å². The summed E-state index contributed by atoms with van der Waals surface area (Å²) in [5.41, 5.74) is 0.428. The van der Waals surface area contributed by atoms with Crippen molar-refractivity contribution < 1.29 is 9.47 Å².